The van der Waals surface area contributed by atoms with Crippen LogP contribution in [0.3, 0.4) is 0 Å². The van der Waals surface area contributed by atoms with Gasteiger partial charge in [-0.25, -0.2) is 4.39 Å². The largest absolute Gasteiger partial charge is 0.491 e. The van der Waals surface area contributed by atoms with Crippen LogP contribution in [0.1, 0.15) is 29.3 Å². The Morgan fingerprint density at radius 3 is 2.58 bits per heavy atom. The molecule has 1 heterocycles. The van der Waals surface area contributed by atoms with Gasteiger partial charge in [-0.15, -0.1) is 0 Å². The Hall–Kier alpha value is -1.93. The Bertz CT molecular complexity index is 508. The number of carboxylic acid groups (broad SMARTS) is 1. The van der Waals surface area contributed by atoms with Gasteiger partial charge in [-0.1, -0.05) is 6.92 Å². The Balaban J connectivity index is 0.000000312. The zero-order valence-electron chi connectivity index (χ0n) is 10.2. The highest BCUT2D eigenvalue weighted by atomic mass is 19.1. The van der Waals surface area contributed by atoms with Crippen molar-refractivity contribution in [3.8, 4) is 0 Å². The van der Waals surface area contributed by atoms with Gasteiger partial charge in [-0.05, 0) is 23.2 Å². The molecule has 0 spiro atoms. The summed E-state index contributed by atoms with van der Waals surface area (Å²) in [6, 6.07) is 2.39. The van der Waals surface area contributed by atoms with E-state index in [1.165, 1.54) is 6.07 Å². The summed E-state index contributed by atoms with van der Waals surface area (Å²) in [4.78, 5) is 20.2. The normalized spacial score (nSPS) is 12.5. The molecule has 1 aromatic rings. The highest BCUT2D eigenvalue weighted by Gasteiger charge is 2.29. The van der Waals surface area contributed by atoms with Crippen LogP contribution in [0.4, 0.5) is 4.39 Å². The molecule has 19 heavy (non-hydrogen) atoms. The number of primary amides is 1. The van der Waals surface area contributed by atoms with Gasteiger partial charge in [0.25, 0.3) is 5.91 Å². The number of hydrogen-bond donors (Lipinski definition) is 3. The van der Waals surface area contributed by atoms with Crippen LogP contribution >= 0.6 is 0 Å². The summed E-state index contributed by atoms with van der Waals surface area (Å²) in [7, 11) is -1.09. The third-order valence-corrected chi connectivity index (χ3v) is 2.46. The van der Waals surface area contributed by atoms with Gasteiger partial charge in [0.1, 0.15) is 5.82 Å². The molecule has 0 aliphatic carbocycles. The molecule has 4 N–H and O–H groups in total. The topological polar surface area (TPSA) is 110 Å². The molecule has 102 valence electrons. The van der Waals surface area contributed by atoms with E-state index in [4.69, 9.17) is 15.5 Å². The molecule has 0 unspecified atom stereocenters. The number of rotatable bonds is 2. The van der Waals surface area contributed by atoms with Gasteiger partial charge in [-0.3, -0.25) is 9.59 Å². The summed E-state index contributed by atoms with van der Waals surface area (Å²) in [6.07, 6.45) is 0.222. The molecule has 1 aliphatic rings. The summed E-state index contributed by atoms with van der Waals surface area (Å²) in [5.74, 6) is -2.29. The minimum atomic E-state index is -1.09. The smallest absolute Gasteiger partial charge is 0.481 e. The number of carbonyl (C=O) groups is 2. The Labute approximate surface area is 109 Å². The maximum atomic E-state index is 13.2. The quantitative estimate of drug-likeness (QED) is 0.634. The van der Waals surface area contributed by atoms with Crippen molar-refractivity contribution in [2.75, 3.05) is 0 Å². The standard InChI is InChI=1S/C8H7BFNO3.C3H6O2/c10-7-1-4-3-14-9(13)6(4)2-5(7)8(11)12;1-2-3(4)5/h1-2,13H,3H2,(H2,11,12);2H2,1H3,(H,4,5). The fourth-order valence-corrected chi connectivity index (χ4v) is 1.43. The summed E-state index contributed by atoms with van der Waals surface area (Å²) in [6.45, 7) is 1.74. The van der Waals surface area contributed by atoms with Crippen LogP contribution < -0.4 is 11.2 Å². The van der Waals surface area contributed by atoms with Crippen LogP contribution in [0, 0.1) is 5.82 Å². The minimum Gasteiger partial charge on any atom is -0.481 e. The predicted octanol–water partition coefficient (Wildman–Crippen LogP) is -0.377. The second kappa shape index (κ2) is 6.30. The third kappa shape index (κ3) is 3.77. The second-order valence-corrected chi connectivity index (χ2v) is 3.81. The molecule has 2 rings (SSSR count). The van der Waals surface area contributed by atoms with E-state index in [0.29, 0.717) is 11.0 Å². The molecule has 0 saturated heterocycles. The number of carbonyl (C=O) groups excluding carboxylic acids is 1. The van der Waals surface area contributed by atoms with Crippen LogP contribution in [0.25, 0.3) is 0 Å². The molecule has 8 heteroatoms. The highest BCUT2D eigenvalue weighted by molar-refractivity contribution is 6.61. The van der Waals surface area contributed by atoms with Crippen LogP contribution in [0.15, 0.2) is 12.1 Å². The van der Waals surface area contributed by atoms with Crippen molar-refractivity contribution in [2.24, 2.45) is 5.73 Å². The van der Waals surface area contributed by atoms with Gasteiger partial charge in [0, 0.05) is 6.42 Å². The van der Waals surface area contributed by atoms with Crippen LogP contribution in [0.2, 0.25) is 0 Å². The first kappa shape index (κ1) is 15.1. The average molecular weight is 269 g/mol. The number of fused-ring (bicyclic) bond motifs is 1. The van der Waals surface area contributed by atoms with Gasteiger partial charge in [0.15, 0.2) is 0 Å². The Morgan fingerprint density at radius 2 is 2.11 bits per heavy atom. The van der Waals surface area contributed by atoms with Gasteiger partial charge in [0.2, 0.25) is 0 Å². The van der Waals surface area contributed by atoms with Crippen LogP contribution in [-0.4, -0.2) is 29.1 Å². The van der Waals surface area contributed by atoms with Crippen molar-refractivity contribution in [1.29, 1.82) is 0 Å². The Kier molecular flexibility index (Phi) is 5.02. The first-order chi connectivity index (χ1) is 8.86. The lowest BCUT2D eigenvalue weighted by atomic mass is 9.78. The van der Waals surface area contributed by atoms with E-state index in [1.54, 1.807) is 6.92 Å². The van der Waals surface area contributed by atoms with Gasteiger partial charge >= 0.3 is 13.1 Å². The lowest BCUT2D eigenvalue weighted by molar-refractivity contribution is -0.136. The molecule has 0 aromatic heterocycles. The molecule has 0 bridgehead atoms. The molecule has 0 radical (unpaired) electrons. The fraction of sp³-hybridized carbons (Fsp3) is 0.273. The summed E-state index contributed by atoms with van der Waals surface area (Å²) < 4.78 is 18.0. The van der Waals surface area contributed by atoms with E-state index in [9.17, 15) is 19.0 Å². The number of benzene rings is 1. The zero-order valence-corrected chi connectivity index (χ0v) is 10.2. The summed E-state index contributed by atoms with van der Waals surface area (Å²) in [5.41, 5.74) is 5.67. The van der Waals surface area contributed by atoms with E-state index in [1.807, 2.05) is 0 Å². The van der Waals surface area contributed by atoms with Gasteiger partial charge in [0.05, 0.1) is 12.2 Å². The van der Waals surface area contributed by atoms with E-state index in [-0.39, 0.29) is 18.6 Å². The van der Waals surface area contributed by atoms with E-state index in [0.717, 1.165) is 6.07 Å². The monoisotopic (exact) mass is 269 g/mol. The van der Waals surface area contributed by atoms with Gasteiger partial charge in [-0.2, -0.15) is 0 Å². The summed E-state index contributed by atoms with van der Waals surface area (Å²) >= 11 is 0. The van der Waals surface area contributed by atoms with Crippen LogP contribution in [-0.2, 0) is 16.1 Å². The number of hydrogen-bond acceptors (Lipinski definition) is 4. The predicted molar refractivity (Wildman–Crippen MR) is 65.2 cm³/mol. The first-order valence-corrected chi connectivity index (χ1v) is 5.50. The lowest BCUT2D eigenvalue weighted by Gasteiger charge is -2.02. The molecule has 0 fully saturated rings. The number of aliphatic carboxylic acids is 1. The highest BCUT2D eigenvalue weighted by Crippen LogP contribution is 2.14. The molecular weight excluding hydrogens is 256 g/mol. The molecule has 6 nitrogen and oxygen atoms in total. The van der Waals surface area contributed by atoms with Crippen molar-refractivity contribution in [1.82, 2.24) is 0 Å². The van der Waals surface area contributed by atoms with Crippen molar-refractivity contribution in [2.45, 2.75) is 20.0 Å². The van der Waals surface area contributed by atoms with Crippen molar-refractivity contribution in [3.63, 3.8) is 0 Å². The van der Waals surface area contributed by atoms with Crippen molar-refractivity contribution >= 4 is 24.5 Å². The SMILES string of the molecule is CCC(=O)O.NC(=O)c1cc2c(cc1F)COB2O. The maximum Gasteiger partial charge on any atom is 0.491 e. The molecule has 1 amide bonds. The number of amides is 1. The third-order valence-electron chi connectivity index (χ3n) is 2.46. The lowest BCUT2D eigenvalue weighted by Crippen LogP contribution is -2.30. The number of carboxylic acids is 1. The number of halogens is 1. The molecule has 1 aromatic carbocycles. The summed E-state index contributed by atoms with van der Waals surface area (Å²) in [5, 5.41) is 17.0. The first-order valence-electron chi connectivity index (χ1n) is 5.50. The molecular formula is C11H13BFNO5. The zero-order chi connectivity index (χ0) is 14.6. The molecule has 0 saturated carbocycles. The average Bonchev–Trinajstić information content (AvgIpc) is 2.69. The van der Waals surface area contributed by atoms with E-state index < -0.39 is 24.8 Å². The van der Waals surface area contributed by atoms with Crippen LogP contribution in [0.5, 0.6) is 0 Å². The van der Waals surface area contributed by atoms with E-state index in [2.05, 4.69) is 0 Å². The van der Waals surface area contributed by atoms with E-state index >= 15 is 0 Å². The number of nitrogens with two attached hydrogens (primary N) is 1. The maximum absolute atomic E-state index is 13.2. The van der Waals surface area contributed by atoms with Gasteiger partial charge < -0.3 is 20.5 Å². The molecule has 1 aliphatic heterocycles. The fourth-order valence-electron chi connectivity index (χ4n) is 1.43. The molecule has 0 atom stereocenters. The van der Waals surface area contributed by atoms with Crippen molar-refractivity contribution in [3.05, 3.63) is 29.1 Å². The Morgan fingerprint density at radius 1 is 1.53 bits per heavy atom. The minimum absolute atomic E-state index is 0.145. The second-order valence-electron chi connectivity index (χ2n) is 3.81. The van der Waals surface area contributed by atoms with Crippen molar-refractivity contribution < 1.29 is 28.8 Å².